The van der Waals surface area contributed by atoms with E-state index in [1.807, 2.05) is 20.8 Å². The monoisotopic (exact) mass is 285 g/mol. The molecule has 2 bridgehead atoms. The second-order valence-corrected chi connectivity index (χ2v) is 5.77. The Morgan fingerprint density at radius 1 is 1.53 bits per heavy atom. The molecule has 0 aromatic rings. The zero-order chi connectivity index (χ0) is 13.3. The molecule has 0 saturated carbocycles. The second-order valence-electron chi connectivity index (χ2n) is 5.77. The van der Waals surface area contributed by atoms with E-state index >= 15 is 0 Å². The van der Waals surface area contributed by atoms with Crippen molar-refractivity contribution in [2.24, 2.45) is 0 Å². The Morgan fingerprint density at radius 2 is 2.21 bits per heavy atom. The summed E-state index contributed by atoms with van der Waals surface area (Å²) in [6.45, 7) is 7.05. The third-order valence-electron chi connectivity index (χ3n) is 3.20. The van der Waals surface area contributed by atoms with Gasteiger partial charge in [-0.25, -0.2) is 4.79 Å². The number of hydrogen-bond acceptors (Lipinski definition) is 4. The van der Waals surface area contributed by atoms with Crippen LogP contribution >= 0.6 is 12.4 Å². The maximum absolute atomic E-state index is 12.2. The lowest BCUT2D eigenvalue weighted by Crippen LogP contribution is -2.55. The fourth-order valence-corrected chi connectivity index (χ4v) is 2.56. The maximum atomic E-state index is 12.2. The number of nitrogens with zero attached hydrogens (tertiary/aromatic N) is 2. The van der Waals surface area contributed by atoms with E-state index in [-0.39, 0.29) is 30.6 Å². The minimum absolute atomic E-state index is 0. The topological polar surface area (TPSA) is 65.4 Å². The van der Waals surface area contributed by atoms with E-state index in [9.17, 15) is 4.79 Å². The molecule has 1 N–H and O–H groups in total. The molecule has 106 valence electrons. The van der Waals surface area contributed by atoms with E-state index in [0.717, 1.165) is 18.5 Å². The second kappa shape index (κ2) is 5.81. The van der Waals surface area contributed by atoms with E-state index in [4.69, 9.17) is 10.00 Å². The highest BCUT2D eigenvalue weighted by Gasteiger charge is 2.44. The molecule has 0 aliphatic carbocycles. The lowest BCUT2D eigenvalue weighted by Gasteiger charge is -2.36. The number of hydrogen-bond donors (Lipinski definition) is 1. The Hall–Kier alpha value is -1.25. The van der Waals surface area contributed by atoms with Crippen molar-refractivity contribution in [3.63, 3.8) is 0 Å². The minimum atomic E-state index is -0.486. The van der Waals surface area contributed by atoms with Gasteiger partial charge in [0, 0.05) is 19.2 Å². The van der Waals surface area contributed by atoms with E-state index in [2.05, 4.69) is 11.4 Å². The SMILES string of the molecule is CC(C)(C)OC(=O)N1C2CNCC1C(=CC#N)C2.Cl. The first kappa shape index (κ1) is 15.8. The summed E-state index contributed by atoms with van der Waals surface area (Å²) in [4.78, 5) is 14.0. The molecule has 2 saturated heterocycles. The molecule has 2 unspecified atom stereocenters. The van der Waals surface area contributed by atoms with Crippen LogP contribution in [0.25, 0.3) is 0 Å². The number of carbonyl (C=O) groups is 1. The molecule has 2 heterocycles. The van der Waals surface area contributed by atoms with Gasteiger partial charge in [0.05, 0.1) is 18.2 Å². The van der Waals surface area contributed by atoms with Gasteiger partial charge in [0.25, 0.3) is 0 Å². The molecule has 0 aromatic heterocycles. The number of allylic oxidation sites excluding steroid dienone is 1. The van der Waals surface area contributed by atoms with Crippen LogP contribution in [-0.2, 0) is 4.74 Å². The van der Waals surface area contributed by atoms with Crippen LogP contribution in [-0.4, -0.2) is 41.8 Å². The summed E-state index contributed by atoms with van der Waals surface area (Å²) in [7, 11) is 0. The molecule has 0 spiro atoms. The molecule has 5 nitrogen and oxygen atoms in total. The van der Waals surface area contributed by atoms with Crippen LogP contribution in [0.15, 0.2) is 11.6 Å². The average molecular weight is 286 g/mol. The molecule has 1 amide bonds. The van der Waals surface area contributed by atoms with Crippen molar-refractivity contribution in [1.29, 1.82) is 5.26 Å². The van der Waals surface area contributed by atoms with Gasteiger partial charge in [-0.1, -0.05) is 0 Å². The zero-order valence-electron chi connectivity index (χ0n) is 11.5. The number of ether oxygens (including phenoxy) is 1. The third kappa shape index (κ3) is 3.40. The fraction of sp³-hybridized carbons (Fsp3) is 0.692. The van der Waals surface area contributed by atoms with Crippen LogP contribution in [0, 0.1) is 11.3 Å². The van der Waals surface area contributed by atoms with Gasteiger partial charge in [-0.05, 0) is 32.8 Å². The Balaban J connectivity index is 0.00000180. The molecule has 2 rings (SSSR count). The van der Waals surface area contributed by atoms with Gasteiger partial charge in [-0.3, -0.25) is 4.90 Å². The number of halogens is 1. The number of fused-ring (bicyclic) bond motifs is 2. The van der Waals surface area contributed by atoms with Crippen molar-refractivity contribution in [1.82, 2.24) is 10.2 Å². The van der Waals surface area contributed by atoms with Crippen LogP contribution in [0.4, 0.5) is 4.79 Å². The summed E-state index contributed by atoms with van der Waals surface area (Å²) < 4.78 is 5.43. The summed E-state index contributed by atoms with van der Waals surface area (Å²) in [5.41, 5.74) is 0.541. The standard InChI is InChI=1S/C13H19N3O2.ClH/c1-13(2,3)18-12(17)16-10-6-9(4-5-14)11(16)8-15-7-10;/h4,10-11,15H,6-8H2,1-3H3;1H. The molecular weight excluding hydrogens is 266 g/mol. The molecule has 2 aliphatic rings. The van der Waals surface area contributed by atoms with Gasteiger partial charge in [-0.15, -0.1) is 12.4 Å². The number of carbonyl (C=O) groups excluding carboxylic acids is 1. The summed E-state index contributed by atoms with van der Waals surface area (Å²) in [6.07, 6.45) is 2.06. The number of piperazine rings is 1. The fourth-order valence-electron chi connectivity index (χ4n) is 2.56. The summed E-state index contributed by atoms with van der Waals surface area (Å²) in [5, 5.41) is 12.1. The van der Waals surface area contributed by atoms with E-state index in [1.54, 1.807) is 11.0 Å². The van der Waals surface area contributed by atoms with E-state index in [0.29, 0.717) is 6.54 Å². The lowest BCUT2D eigenvalue weighted by molar-refractivity contribution is 0.0114. The highest BCUT2D eigenvalue weighted by molar-refractivity contribution is 5.85. The van der Waals surface area contributed by atoms with E-state index in [1.165, 1.54) is 0 Å². The molecule has 0 aromatic carbocycles. The highest BCUT2D eigenvalue weighted by atomic mass is 35.5. The van der Waals surface area contributed by atoms with Crippen molar-refractivity contribution in [3.05, 3.63) is 11.6 Å². The van der Waals surface area contributed by atoms with Crippen molar-refractivity contribution in [2.75, 3.05) is 13.1 Å². The van der Waals surface area contributed by atoms with Crippen molar-refractivity contribution in [3.8, 4) is 6.07 Å². The predicted molar refractivity (Wildman–Crippen MR) is 74.1 cm³/mol. The predicted octanol–water partition coefficient (Wildman–Crippen LogP) is 1.84. The molecule has 2 atom stereocenters. The van der Waals surface area contributed by atoms with E-state index < -0.39 is 5.60 Å². The number of rotatable bonds is 0. The molecule has 2 fully saturated rings. The Bertz CT molecular complexity index is 423. The summed E-state index contributed by atoms with van der Waals surface area (Å²) in [5.74, 6) is 0. The van der Waals surface area contributed by atoms with Gasteiger partial charge in [-0.2, -0.15) is 5.26 Å². The van der Waals surface area contributed by atoms with Gasteiger partial charge in [0.1, 0.15) is 5.60 Å². The highest BCUT2D eigenvalue weighted by Crippen LogP contribution is 2.32. The minimum Gasteiger partial charge on any atom is -0.444 e. The van der Waals surface area contributed by atoms with Gasteiger partial charge < -0.3 is 10.1 Å². The van der Waals surface area contributed by atoms with Crippen molar-refractivity contribution >= 4 is 18.5 Å². The number of nitrogens with one attached hydrogen (secondary N) is 1. The maximum Gasteiger partial charge on any atom is 0.411 e. The molecular formula is C13H20ClN3O2. The Labute approximate surface area is 120 Å². The first-order valence-corrected chi connectivity index (χ1v) is 6.23. The number of amides is 1. The average Bonchev–Trinajstić information content (AvgIpc) is 2.45. The molecule has 0 radical (unpaired) electrons. The number of nitriles is 1. The largest absolute Gasteiger partial charge is 0.444 e. The Kier molecular flexibility index (Phi) is 4.83. The van der Waals surface area contributed by atoms with Crippen LogP contribution in [0.1, 0.15) is 27.2 Å². The van der Waals surface area contributed by atoms with Crippen molar-refractivity contribution < 1.29 is 9.53 Å². The molecule has 6 heteroatoms. The van der Waals surface area contributed by atoms with Crippen LogP contribution < -0.4 is 5.32 Å². The van der Waals surface area contributed by atoms with Gasteiger partial charge >= 0.3 is 6.09 Å². The first-order valence-electron chi connectivity index (χ1n) is 6.23. The lowest BCUT2D eigenvalue weighted by atomic mass is 10.1. The quantitative estimate of drug-likeness (QED) is 0.690. The van der Waals surface area contributed by atoms with Crippen LogP contribution in [0.5, 0.6) is 0 Å². The molecule has 2 aliphatic heterocycles. The summed E-state index contributed by atoms with van der Waals surface area (Å²) >= 11 is 0. The zero-order valence-corrected chi connectivity index (χ0v) is 12.3. The van der Waals surface area contributed by atoms with Crippen LogP contribution in [0.3, 0.4) is 0 Å². The van der Waals surface area contributed by atoms with Crippen molar-refractivity contribution in [2.45, 2.75) is 44.9 Å². The normalized spacial score (nSPS) is 27.7. The van der Waals surface area contributed by atoms with Gasteiger partial charge in [0.2, 0.25) is 0 Å². The Morgan fingerprint density at radius 3 is 2.79 bits per heavy atom. The molecule has 19 heavy (non-hydrogen) atoms. The third-order valence-corrected chi connectivity index (χ3v) is 3.20. The smallest absolute Gasteiger partial charge is 0.411 e. The van der Waals surface area contributed by atoms with Gasteiger partial charge in [0.15, 0.2) is 0 Å². The van der Waals surface area contributed by atoms with Crippen LogP contribution in [0.2, 0.25) is 0 Å². The summed E-state index contributed by atoms with van der Waals surface area (Å²) in [6, 6.07) is 2.14. The first-order chi connectivity index (χ1) is 8.42.